The van der Waals surface area contributed by atoms with E-state index >= 15 is 0 Å². The fourth-order valence-electron chi connectivity index (χ4n) is 3.96. The SMILES string of the molecule is Cc1nnc(C2CCN(C(=O)CC(c3ccccc3)c3ccccc3)CC2)o1. The summed E-state index contributed by atoms with van der Waals surface area (Å²) >= 11 is 0. The second kappa shape index (κ2) is 8.38. The summed E-state index contributed by atoms with van der Waals surface area (Å²) in [4.78, 5) is 15.1. The summed E-state index contributed by atoms with van der Waals surface area (Å²) in [7, 11) is 0. The van der Waals surface area contributed by atoms with E-state index in [1.165, 1.54) is 11.1 Å². The van der Waals surface area contributed by atoms with Crippen molar-refractivity contribution in [2.24, 2.45) is 0 Å². The highest BCUT2D eigenvalue weighted by atomic mass is 16.4. The van der Waals surface area contributed by atoms with Crippen LogP contribution in [-0.4, -0.2) is 34.1 Å². The van der Waals surface area contributed by atoms with Crippen LogP contribution >= 0.6 is 0 Å². The number of aryl methyl sites for hydroxylation is 1. The van der Waals surface area contributed by atoms with Crippen molar-refractivity contribution >= 4 is 5.91 Å². The van der Waals surface area contributed by atoms with Gasteiger partial charge in [0.1, 0.15) is 0 Å². The first-order valence-electron chi connectivity index (χ1n) is 9.88. The van der Waals surface area contributed by atoms with E-state index in [9.17, 15) is 4.79 Å². The van der Waals surface area contributed by atoms with E-state index in [1.54, 1.807) is 0 Å². The van der Waals surface area contributed by atoms with E-state index in [1.807, 2.05) is 48.2 Å². The summed E-state index contributed by atoms with van der Waals surface area (Å²) in [6.45, 7) is 3.28. The van der Waals surface area contributed by atoms with Crippen molar-refractivity contribution in [2.45, 2.75) is 38.0 Å². The lowest BCUT2D eigenvalue weighted by Gasteiger charge is -2.31. The fourth-order valence-corrected chi connectivity index (χ4v) is 3.96. The zero-order valence-electron chi connectivity index (χ0n) is 16.1. The summed E-state index contributed by atoms with van der Waals surface area (Å²) in [5.41, 5.74) is 2.36. The highest BCUT2D eigenvalue weighted by Gasteiger charge is 2.28. The molecule has 5 heteroatoms. The molecule has 0 aliphatic carbocycles. The number of carbonyl (C=O) groups excluding carboxylic acids is 1. The Balaban J connectivity index is 1.44. The molecule has 1 amide bonds. The topological polar surface area (TPSA) is 59.2 Å². The third-order valence-corrected chi connectivity index (χ3v) is 5.52. The van der Waals surface area contributed by atoms with Crippen LogP contribution in [0.1, 0.15) is 54.0 Å². The molecule has 4 rings (SSSR count). The van der Waals surface area contributed by atoms with Gasteiger partial charge in [-0.1, -0.05) is 60.7 Å². The fraction of sp³-hybridized carbons (Fsp3) is 0.348. The van der Waals surface area contributed by atoms with Crippen molar-refractivity contribution in [3.8, 4) is 0 Å². The molecule has 0 atom stereocenters. The molecule has 1 aromatic heterocycles. The molecule has 1 aliphatic rings. The summed E-state index contributed by atoms with van der Waals surface area (Å²) in [5, 5.41) is 8.07. The summed E-state index contributed by atoms with van der Waals surface area (Å²) in [6, 6.07) is 20.6. The molecule has 2 heterocycles. The van der Waals surface area contributed by atoms with Crippen molar-refractivity contribution in [2.75, 3.05) is 13.1 Å². The molecule has 28 heavy (non-hydrogen) atoms. The molecule has 0 unspecified atom stereocenters. The Morgan fingerprint density at radius 2 is 1.57 bits per heavy atom. The Labute approximate surface area is 165 Å². The second-order valence-corrected chi connectivity index (χ2v) is 7.39. The molecule has 5 nitrogen and oxygen atoms in total. The largest absolute Gasteiger partial charge is 0.425 e. The van der Waals surface area contributed by atoms with Crippen LogP contribution in [0.5, 0.6) is 0 Å². The number of carbonyl (C=O) groups is 1. The van der Waals surface area contributed by atoms with Gasteiger partial charge in [-0.2, -0.15) is 0 Å². The molecule has 1 aliphatic heterocycles. The van der Waals surface area contributed by atoms with Crippen molar-refractivity contribution < 1.29 is 9.21 Å². The van der Waals surface area contributed by atoms with Gasteiger partial charge in [0, 0.05) is 38.3 Å². The van der Waals surface area contributed by atoms with Crippen LogP contribution in [0.4, 0.5) is 0 Å². The maximum atomic E-state index is 13.1. The number of hydrogen-bond donors (Lipinski definition) is 0. The van der Waals surface area contributed by atoms with Gasteiger partial charge >= 0.3 is 0 Å². The van der Waals surface area contributed by atoms with E-state index in [2.05, 4.69) is 34.5 Å². The molecule has 144 valence electrons. The molecule has 2 aromatic carbocycles. The maximum absolute atomic E-state index is 13.1. The molecular formula is C23H25N3O2. The first-order chi connectivity index (χ1) is 13.7. The van der Waals surface area contributed by atoms with Crippen LogP contribution < -0.4 is 0 Å². The summed E-state index contributed by atoms with van der Waals surface area (Å²) in [5.74, 6) is 1.84. The Morgan fingerprint density at radius 3 is 2.07 bits per heavy atom. The number of nitrogens with zero attached hydrogens (tertiary/aromatic N) is 3. The van der Waals surface area contributed by atoms with Gasteiger partial charge in [-0.25, -0.2) is 0 Å². The van der Waals surface area contributed by atoms with E-state index in [0.29, 0.717) is 18.2 Å². The number of hydrogen-bond acceptors (Lipinski definition) is 4. The van der Waals surface area contributed by atoms with Crippen molar-refractivity contribution in [1.82, 2.24) is 15.1 Å². The third kappa shape index (κ3) is 4.14. The van der Waals surface area contributed by atoms with E-state index in [4.69, 9.17) is 4.42 Å². The number of piperidine rings is 1. The molecule has 0 radical (unpaired) electrons. The number of rotatable bonds is 5. The lowest BCUT2D eigenvalue weighted by molar-refractivity contribution is -0.132. The van der Waals surface area contributed by atoms with E-state index < -0.39 is 0 Å². The van der Waals surface area contributed by atoms with Crippen LogP contribution in [0.25, 0.3) is 0 Å². The van der Waals surface area contributed by atoms with Crippen LogP contribution in [0.3, 0.4) is 0 Å². The number of amides is 1. The summed E-state index contributed by atoms with van der Waals surface area (Å²) < 4.78 is 5.57. The number of aromatic nitrogens is 2. The van der Waals surface area contributed by atoms with Crippen LogP contribution in [-0.2, 0) is 4.79 Å². The highest BCUT2D eigenvalue weighted by molar-refractivity contribution is 5.78. The van der Waals surface area contributed by atoms with Gasteiger partial charge < -0.3 is 9.32 Å². The van der Waals surface area contributed by atoms with Crippen molar-refractivity contribution in [3.63, 3.8) is 0 Å². The lowest BCUT2D eigenvalue weighted by atomic mass is 9.87. The second-order valence-electron chi connectivity index (χ2n) is 7.39. The Morgan fingerprint density at radius 1 is 1.00 bits per heavy atom. The van der Waals surface area contributed by atoms with Gasteiger partial charge in [0.05, 0.1) is 0 Å². The first-order valence-corrected chi connectivity index (χ1v) is 9.88. The smallest absolute Gasteiger partial charge is 0.223 e. The molecule has 0 bridgehead atoms. The Hall–Kier alpha value is -2.95. The molecule has 0 saturated carbocycles. The highest BCUT2D eigenvalue weighted by Crippen LogP contribution is 2.31. The molecular weight excluding hydrogens is 350 g/mol. The lowest BCUT2D eigenvalue weighted by Crippen LogP contribution is -2.38. The molecule has 3 aromatic rings. The normalized spacial score (nSPS) is 15.1. The van der Waals surface area contributed by atoms with Crippen LogP contribution in [0.2, 0.25) is 0 Å². The van der Waals surface area contributed by atoms with Crippen molar-refractivity contribution in [1.29, 1.82) is 0 Å². The van der Waals surface area contributed by atoms with Gasteiger partial charge in [0.15, 0.2) is 0 Å². The van der Waals surface area contributed by atoms with Gasteiger partial charge in [-0.05, 0) is 24.0 Å². The molecule has 1 fully saturated rings. The predicted octanol–water partition coefficient (Wildman–Crippen LogP) is 4.31. The minimum absolute atomic E-state index is 0.0752. The zero-order chi connectivity index (χ0) is 19.3. The Kier molecular flexibility index (Phi) is 5.51. The van der Waals surface area contributed by atoms with Crippen LogP contribution in [0, 0.1) is 6.92 Å². The van der Waals surface area contributed by atoms with Crippen molar-refractivity contribution in [3.05, 3.63) is 83.6 Å². The minimum atomic E-state index is 0.0752. The standard InChI is InChI=1S/C23H25N3O2/c1-17-24-25-23(28-17)20-12-14-26(15-13-20)22(27)16-21(18-8-4-2-5-9-18)19-10-6-3-7-11-19/h2-11,20-21H,12-16H2,1H3. The zero-order valence-corrected chi connectivity index (χ0v) is 16.1. The molecule has 1 saturated heterocycles. The predicted molar refractivity (Wildman–Crippen MR) is 107 cm³/mol. The number of benzene rings is 2. The first kappa shape index (κ1) is 18.4. The minimum Gasteiger partial charge on any atom is -0.425 e. The average Bonchev–Trinajstić information content (AvgIpc) is 3.19. The quantitative estimate of drug-likeness (QED) is 0.667. The van der Waals surface area contributed by atoms with Gasteiger partial charge in [0.25, 0.3) is 0 Å². The Bertz CT molecular complexity index is 860. The molecule has 0 spiro atoms. The van der Waals surface area contributed by atoms with E-state index in [-0.39, 0.29) is 17.7 Å². The monoisotopic (exact) mass is 375 g/mol. The van der Waals surface area contributed by atoms with Gasteiger partial charge in [-0.15, -0.1) is 10.2 Å². The van der Waals surface area contributed by atoms with Crippen LogP contribution in [0.15, 0.2) is 65.1 Å². The van der Waals surface area contributed by atoms with Gasteiger partial charge in [0.2, 0.25) is 17.7 Å². The van der Waals surface area contributed by atoms with Gasteiger partial charge in [-0.3, -0.25) is 4.79 Å². The average molecular weight is 375 g/mol. The maximum Gasteiger partial charge on any atom is 0.223 e. The number of likely N-dealkylation sites (tertiary alicyclic amines) is 1. The summed E-state index contributed by atoms with van der Waals surface area (Å²) in [6.07, 6.45) is 2.22. The third-order valence-electron chi connectivity index (χ3n) is 5.52. The molecule has 0 N–H and O–H groups in total. The van der Waals surface area contributed by atoms with E-state index in [0.717, 1.165) is 25.9 Å².